The molecule has 0 saturated heterocycles. The van der Waals surface area contributed by atoms with Gasteiger partial charge in [-0.15, -0.1) is 0 Å². The van der Waals surface area contributed by atoms with E-state index in [0.29, 0.717) is 6.61 Å². The van der Waals surface area contributed by atoms with Crippen molar-refractivity contribution in [2.45, 2.75) is 20.3 Å². The zero-order valence-corrected chi connectivity index (χ0v) is 8.59. The van der Waals surface area contributed by atoms with Crippen molar-refractivity contribution >= 4 is 5.97 Å². The van der Waals surface area contributed by atoms with Crippen molar-refractivity contribution in [1.82, 2.24) is 4.90 Å². The maximum absolute atomic E-state index is 11.5. The molecule has 0 bridgehead atoms. The van der Waals surface area contributed by atoms with Crippen molar-refractivity contribution in [1.29, 1.82) is 0 Å². The molecule has 1 aliphatic heterocycles. The van der Waals surface area contributed by atoms with E-state index in [9.17, 15) is 4.79 Å². The summed E-state index contributed by atoms with van der Waals surface area (Å²) in [5.41, 5.74) is 2.09. The molecule has 0 unspecified atom stereocenters. The van der Waals surface area contributed by atoms with E-state index < -0.39 is 0 Å². The van der Waals surface area contributed by atoms with Crippen LogP contribution in [0.2, 0.25) is 0 Å². The number of ether oxygens (including phenoxy) is 1. The monoisotopic (exact) mass is 183 g/mol. The number of nitrogens with zero attached hydrogens (tertiary/aromatic N) is 1. The quantitative estimate of drug-likeness (QED) is 0.616. The predicted molar refractivity (Wildman–Crippen MR) is 51.4 cm³/mol. The average Bonchev–Trinajstić information content (AvgIpc) is 2.47. The summed E-state index contributed by atoms with van der Waals surface area (Å²) in [6.45, 7) is 6.02. The summed E-state index contributed by atoms with van der Waals surface area (Å²) in [6.07, 6.45) is 0.943. The van der Waals surface area contributed by atoms with Gasteiger partial charge in [-0.25, -0.2) is 4.79 Å². The Kier molecular flexibility index (Phi) is 3.48. The second-order valence-corrected chi connectivity index (χ2v) is 3.33. The molecule has 3 heteroatoms. The number of esters is 1. The van der Waals surface area contributed by atoms with Crippen LogP contribution in [0.25, 0.3) is 0 Å². The Bertz CT molecular complexity index is 233. The van der Waals surface area contributed by atoms with Gasteiger partial charge in [0.2, 0.25) is 0 Å². The van der Waals surface area contributed by atoms with E-state index in [1.807, 2.05) is 14.0 Å². The standard InChI is InChI=1S/C10H17NO2/c1-4-8-6-11(3)7-9(8)10(12)13-5-2/h4-7H2,1-3H3. The van der Waals surface area contributed by atoms with E-state index in [4.69, 9.17) is 4.74 Å². The second kappa shape index (κ2) is 4.42. The lowest BCUT2D eigenvalue weighted by Crippen LogP contribution is -2.17. The van der Waals surface area contributed by atoms with E-state index in [1.54, 1.807) is 0 Å². The number of hydrogen-bond acceptors (Lipinski definition) is 3. The van der Waals surface area contributed by atoms with Gasteiger partial charge in [-0.2, -0.15) is 0 Å². The van der Waals surface area contributed by atoms with Gasteiger partial charge >= 0.3 is 5.97 Å². The fourth-order valence-corrected chi connectivity index (χ4v) is 1.61. The van der Waals surface area contributed by atoms with E-state index in [1.165, 1.54) is 5.57 Å². The van der Waals surface area contributed by atoms with Crippen LogP contribution in [0.5, 0.6) is 0 Å². The molecule has 0 aliphatic carbocycles. The third kappa shape index (κ3) is 2.31. The van der Waals surface area contributed by atoms with Crippen LogP contribution in [0, 0.1) is 0 Å². The Morgan fingerprint density at radius 1 is 1.46 bits per heavy atom. The highest BCUT2D eigenvalue weighted by Crippen LogP contribution is 2.19. The summed E-state index contributed by atoms with van der Waals surface area (Å²) in [6, 6.07) is 0. The number of likely N-dealkylation sites (N-methyl/N-ethyl adjacent to an activating group) is 1. The third-order valence-corrected chi connectivity index (χ3v) is 2.26. The van der Waals surface area contributed by atoms with Gasteiger partial charge in [0.05, 0.1) is 12.2 Å². The second-order valence-electron chi connectivity index (χ2n) is 3.33. The van der Waals surface area contributed by atoms with Gasteiger partial charge < -0.3 is 4.74 Å². The third-order valence-electron chi connectivity index (χ3n) is 2.26. The molecular formula is C10H17NO2. The van der Waals surface area contributed by atoms with Crippen LogP contribution in [0.3, 0.4) is 0 Å². The lowest BCUT2D eigenvalue weighted by Gasteiger charge is -2.06. The molecule has 0 radical (unpaired) electrons. The molecule has 3 nitrogen and oxygen atoms in total. The van der Waals surface area contributed by atoms with Crippen molar-refractivity contribution in [3.8, 4) is 0 Å². The Labute approximate surface area is 79.4 Å². The highest BCUT2D eigenvalue weighted by Gasteiger charge is 2.23. The van der Waals surface area contributed by atoms with Crippen LogP contribution in [-0.4, -0.2) is 37.6 Å². The molecule has 13 heavy (non-hydrogen) atoms. The van der Waals surface area contributed by atoms with Gasteiger partial charge in [-0.05, 0) is 26.0 Å². The van der Waals surface area contributed by atoms with Gasteiger partial charge in [-0.3, -0.25) is 4.90 Å². The average molecular weight is 183 g/mol. The number of carbonyl (C=O) groups is 1. The Morgan fingerprint density at radius 2 is 2.15 bits per heavy atom. The summed E-state index contributed by atoms with van der Waals surface area (Å²) in [5.74, 6) is -0.135. The van der Waals surface area contributed by atoms with Crippen LogP contribution < -0.4 is 0 Å². The minimum atomic E-state index is -0.135. The molecular weight excluding hydrogens is 166 g/mol. The molecule has 0 aromatic heterocycles. The molecule has 0 aromatic rings. The minimum Gasteiger partial charge on any atom is -0.463 e. The van der Waals surface area contributed by atoms with Crippen LogP contribution in [0.4, 0.5) is 0 Å². The number of hydrogen-bond donors (Lipinski definition) is 0. The zero-order valence-electron chi connectivity index (χ0n) is 8.59. The van der Waals surface area contributed by atoms with Gasteiger partial charge in [0.1, 0.15) is 0 Å². The van der Waals surface area contributed by atoms with Crippen molar-refractivity contribution < 1.29 is 9.53 Å². The summed E-state index contributed by atoms with van der Waals surface area (Å²) in [5, 5.41) is 0. The van der Waals surface area contributed by atoms with Crippen molar-refractivity contribution in [2.24, 2.45) is 0 Å². The molecule has 0 N–H and O–H groups in total. The molecule has 0 atom stereocenters. The zero-order chi connectivity index (χ0) is 9.84. The van der Waals surface area contributed by atoms with E-state index >= 15 is 0 Å². The van der Waals surface area contributed by atoms with Crippen LogP contribution >= 0.6 is 0 Å². The minimum absolute atomic E-state index is 0.135. The Balaban J connectivity index is 2.70. The highest BCUT2D eigenvalue weighted by molar-refractivity contribution is 5.90. The largest absolute Gasteiger partial charge is 0.463 e. The highest BCUT2D eigenvalue weighted by atomic mass is 16.5. The fourth-order valence-electron chi connectivity index (χ4n) is 1.61. The van der Waals surface area contributed by atoms with Crippen LogP contribution in [0.15, 0.2) is 11.1 Å². The van der Waals surface area contributed by atoms with E-state index in [-0.39, 0.29) is 5.97 Å². The van der Waals surface area contributed by atoms with Gasteiger partial charge in [0.15, 0.2) is 0 Å². The molecule has 0 fully saturated rings. The number of carbonyl (C=O) groups excluding carboxylic acids is 1. The first-order chi connectivity index (χ1) is 6.19. The predicted octanol–water partition coefficient (Wildman–Crippen LogP) is 1.20. The smallest absolute Gasteiger partial charge is 0.335 e. The number of rotatable bonds is 3. The molecule has 1 rings (SSSR count). The lowest BCUT2D eigenvalue weighted by molar-refractivity contribution is -0.138. The molecule has 0 aromatic carbocycles. The molecule has 0 spiro atoms. The maximum atomic E-state index is 11.5. The summed E-state index contributed by atoms with van der Waals surface area (Å²) in [7, 11) is 2.02. The van der Waals surface area contributed by atoms with Crippen molar-refractivity contribution in [3.63, 3.8) is 0 Å². The van der Waals surface area contributed by atoms with Gasteiger partial charge in [0.25, 0.3) is 0 Å². The Morgan fingerprint density at radius 3 is 2.69 bits per heavy atom. The summed E-state index contributed by atoms with van der Waals surface area (Å²) >= 11 is 0. The molecule has 1 heterocycles. The molecule has 1 aliphatic rings. The van der Waals surface area contributed by atoms with Crippen molar-refractivity contribution in [2.75, 3.05) is 26.7 Å². The topological polar surface area (TPSA) is 29.5 Å². The maximum Gasteiger partial charge on any atom is 0.335 e. The fraction of sp³-hybridized carbons (Fsp3) is 0.700. The molecule has 0 amide bonds. The SMILES string of the molecule is CCOC(=O)C1=C(CC)CN(C)C1. The first-order valence-corrected chi connectivity index (χ1v) is 4.75. The first-order valence-electron chi connectivity index (χ1n) is 4.75. The normalized spacial score (nSPS) is 18.1. The van der Waals surface area contributed by atoms with E-state index in [2.05, 4.69) is 11.8 Å². The van der Waals surface area contributed by atoms with Gasteiger partial charge in [0, 0.05) is 13.1 Å². The summed E-state index contributed by atoms with van der Waals surface area (Å²) in [4.78, 5) is 13.6. The van der Waals surface area contributed by atoms with Gasteiger partial charge in [-0.1, -0.05) is 6.92 Å². The molecule has 74 valence electrons. The van der Waals surface area contributed by atoms with Crippen molar-refractivity contribution in [3.05, 3.63) is 11.1 Å². The lowest BCUT2D eigenvalue weighted by atomic mass is 10.1. The van der Waals surface area contributed by atoms with Crippen LogP contribution in [-0.2, 0) is 9.53 Å². The van der Waals surface area contributed by atoms with Crippen LogP contribution in [0.1, 0.15) is 20.3 Å². The van der Waals surface area contributed by atoms with E-state index in [0.717, 1.165) is 25.1 Å². The first kappa shape index (κ1) is 10.3. The summed E-state index contributed by atoms with van der Waals surface area (Å²) < 4.78 is 4.98. The Hall–Kier alpha value is -0.830. The molecule has 0 saturated carbocycles.